The van der Waals surface area contributed by atoms with Crippen molar-refractivity contribution in [3.8, 4) is 0 Å². The summed E-state index contributed by atoms with van der Waals surface area (Å²) in [6, 6.07) is 10.3. The van der Waals surface area contributed by atoms with E-state index in [1.54, 1.807) is 6.92 Å². The first kappa shape index (κ1) is 14.5. The highest BCUT2D eigenvalue weighted by atomic mass is 32.1. The smallest absolute Gasteiger partial charge is 0.350 e. The molecule has 5 heteroatoms. The third-order valence-corrected chi connectivity index (χ3v) is 3.97. The standard InChI is InChI=1S/C15H18N2O2S/c1-4-19-14(18)13-11(3)17-15(20-13)16-10(2)12-8-6-5-7-9-12/h5-10H,4H2,1-3H3,(H,16,17)/t10-/m0/s1. The molecule has 20 heavy (non-hydrogen) atoms. The van der Waals surface area contributed by atoms with Crippen molar-refractivity contribution in [3.05, 3.63) is 46.5 Å². The van der Waals surface area contributed by atoms with Gasteiger partial charge in [0, 0.05) is 0 Å². The number of aryl methyl sites for hydroxylation is 1. The van der Waals surface area contributed by atoms with Crippen molar-refractivity contribution in [3.63, 3.8) is 0 Å². The summed E-state index contributed by atoms with van der Waals surface area (Å²) in [5.74, 6) is -0.303. The largest absolute Gasteiger partial charge is 0.462 e. The fourth-order valence-corrected chi connectivity index (χ4v) is 2.80. The predicted molar refractivity (Wildman–Crippen MR) is 81.3 cm³/mol. The summed E-state index contributed by atoms with van der Waals surface area (Å²) in [6.07, 6.45) is 0. The first-order valence-electron chi connectivity index (χ1n) is 6.57. The zero-order chi connectivity index (χ0) is 14.5. The van der Waals surface area contributed by atoms with Gasteiger partial charge in [-0.1, -0.05) is 41.7 Å². The predicted octanol–water partition coefficient (Wildman–Crippen LogP) is 3.80. The molecule has 0 saturated heterocycles. The molecular formula is C15H18N2O2S. The zero-order valence-corrected chi connectivity index (χ0v) is 12.7. The lowest BCUT2D eigenvalue weighted by Crippen LogP contribution is -2.05. The maximum Gasteiger partial charge on any atom is 0.350 e. The number of thiazole rings is 1. The van der Waals surface area contributed by atoms with Crippen molar-refractivity contribution in [2.45, 2.75) is 26.8 Å². The van der Waals surface area contributed by atoms with Gasteiger partial charge in [-0.3, -0.25) is 0 Å². The number of nitrogens with zero attached hydrogens (tertiary/aromatic N) is 1. The van der Waals surface area contributed by atoms with Crippen LogP contribution in [0.25, 0.3) is 0 Å². The minimum atomic E-state index is -0.303. The van der Waals surface area contributed by atoms with Gasteiger partial charge in [-0.2, -0.15) is 0 Å². The van der Waals surface area contributed by atoms with Gasteiger partial charge in [-0.05, 0) is 26.3 Å². The average Bonchev–Trinajstić information content (AvgIpc) is 2.81. The lowest BCUT2D eigenvalue weighted by Gasteiger charge is -2.12. The highest BCUT2D eigenvalue weighted by molar-refractivity contribution is 7.17. The van der Waals surface area contributed by atoms with Crippen LogP contribution in [0.4, 0.5) is 5.13 Å². The summed E-state index contributed by atoms with van der Waals surface area (Å²) < 4.78 is 5.02. The van der Waals surface area contributed by atoms with Crippen molar-refractivity contribution in [2.75, 3.05) is 11.9 Å². The molecule has 1 N–H and O–H groups in total. The number of carbonyl (C=O) groups excluding carboxylic acids is 1. The van der Waals surface area contributed by atoms with Crippen LogP contribution in [0.1, 0.15) is 40.8 Å². The second-order valence-corrected chi connectivity index (χ2v) is 5.43. The second kappa shape index (κ2) is 6.52. The van der Waals surface area contributed by atoms with Gasteiger partial charge in [-0.15, -0.1) is 0 Å². The lowest BCUT2D eigenvalue weighted by molar-refractivity contribution is 0.0531. The van der Waals surface area contributed by atoms with E-state index in [1.807, 2.05) is 25.1 Å². The average molecular weight is 290 g/mol. The summed E-state index contributed by atoms with van der Waals surface area (Å²) in [7, 11) is 0. The normalized spacial score (nSPS) is 11.9. The highest BCUT2D eigenvalue weighted by Gasteiger charge is 2.17. The minimum Gasteiger partial charge on any atom is -0.462 e. The molecule has 106 valence electrons. The van der Waals surface area contributed by atoms with Crippen molar-refractivity contribution in [1.82, 2.24) is 4.98 Å². The molecule has 0 spiro atoms. The topological polar surface area (TPSA) is 51.2 Å². The quantitative estimate of drug-likeness (QED) is 0.851. The molecule has 1 aromatic carbocycles. The second-order valence-electron chi connectivity index (χ2n) is 4.43. The van der Waals surface area contributed by atoms with Crippen LogP contribution >= 0.6 is 11.3 Å². The molecule has 0 bridgehead atoms. The van der Waals surface area contributed by atoms with Gasteiger partial charge in [0.2, 0.25) is 0 Å². The van der Waals surface area contributed by atoms with Crippen LogP contribution in [-0.4, -0.2) is 17.6 Å². The molecule has 4 nitrogen and oxygen atoms in total. The third kappa shape index (κ3) is 3.36. The molecule has 1 atom stereocenters. The van der Waals surface area contributed by atoms with Gasteiger partial charge in [0.05, 0.1) is 18.3 Å². The minimum absolute atomic E-state index is 0.136. The maximum absolute atomic E-state index is 11.8. The third-order valence-electron chi connectivity index (χ3n) is 2.90. The summed E-state index contributed by atoms with van der Waals surface area (Å²) in [6.45, 7) is 6.06. The molecule has 0 saturated carbocycles. The van der Waals surface area contributed by atoms with Crippen molar-refractivity contribution < 1.29 is 9.53 Å². The molecule has 0 aliphatic rings. The van der Waals surface area contributed by atoms with Gasteiger partial charge < -0.3 is 10.1 Å². The summed E-state index contributed by atoms with van der Waals surface area (Å²) in [4.78, 5) is 16.7. The van der Waals surface area contributed by atoms with E-state index in [-0.39, 0.29) is 12.0 Å². The van der Waals surface area contributed by atoms with Crippen molar-refractivity contribution >= 4 is 22.4 Å². The Labute approximate surface area is 122 Å². The number of anilines is 1. The van der Waals surface area contributed by atoms with E-state index in [1.165, 1.54) is 16.9 Å². The van der Waals surface area contributed by atoms with Crippen LogP contribution in [0.5, 0.6) is 0 Å². The number of aromatic nitrogens is 1. The Balaban J connectivity index is 2.11. The molecule has 2 rings (SSSR count). The molecule has 1 heterocycles. The van der Waals surface area contributed by atoms with Gasteiger partial charge in [0.25, 0.3) is 0 Å². The van der Waals surface area contributed by atoms with Crippen LogP contribution in [0, 0.1) is 6.92 Å². The number of esters is 1. The number of carbonyl (C=O) groups is 1. The van der Waals surface area contributed by atoms with Crippen LogP contribution in [0.15, 0.2) is 30.3 Å². The van der Waals surface area contributed by atoms with E-state index in [0.717, 1.165) is 5.13 Å². The van der Waals surface area contributed by atoms with Crippen LogP contribution in [-0.2, 0) is 4.74 Å². The zero-order valence-electron chi connectivity index (χ0n) is 11.8. The monoisotopic (exact) mass is 290 g/mol. The van der Waals surface area contributed by atoms with E-state index >= 15 is 0 Å². The van der Waals surface area contributed by atoms with Crippen LogP contribution in [0.3, 0.4) is 0 Å². The van der Waals surface area contributed by atoms with E-state index in [0.29, 0.717) is 17.2 Å². The van der Waals surface area contributed by atoms with Gasteiger partial charge in [0.1, 0.15) is 4.88 Å². The first-order chi connectivity index (χ1) is 9.61. The molecular weight excluding hydrogens is 272 g/mol. The fourth-order valence-electron chi connectivity index (χ4n) is 1.85. The number of rotatable bonds is 5. The Hall–Kier alpha value is -1.88. The van der Waals surface area contributed by atoms with Crippen LogP contribution < -0.4 is 5.32 Å². The number of ether oxygens (including phenoxy) is 1. The number of nitrogens with one attached hydrogen (secondary N) is 1. The van der Waals surface area contributed by atoms with E-state index in [4.69, 9.17) is 4.74 Å². The van der Waals surface area contributed by atoms with Gasteiger partial charge >= 0.3 is 5.97 Å². The van der Waals surface area contributed by atoms with Crippen LogP contribution in [0.2, 0.25) is 0 Å². The Kier molecular flexibility index (Phi) is 4.74. The van der Waals surface area contributed by atoms with E-state index < -0.39 is 0 Å². The summed E-state index contributed by atoms with van der Waals surface area (Å²) >= 11 is 1.33. The summed E-state index contributed by atoms with van der Waals surface area (Å²) in [5.41, 5.74) is 1.88. The van der Waals surface area contributed by atoms with Gasteiger partial charge in [-0.25, -0.2) is 9.78 Å². The number of hydrogen-bond donors (Lipinski definition) is 1. The highest BCUT2D eigenvalue weighted by Crippen LogP contribution is 2.27. The Morgan fingerprint density at radius 2 is 2.10 bits per heavy atom. The molecule has 0 unspecified atom stereocenters. The number of hydrogen-bond acceptors (Lipinski definition) is 5. The lowest BCUT2D eigenvalue weighted by atomic mass is 10.1. The molecule has 0 amide bonds. The Bertz CT molecular complexity index is 581. The van der Waals surface area contributed by atoms with Crippen molar-refractivity contribution in [2.24, 2.45) is 0 Å². The summed E-state index contributed by atoms with van der Waals surface area (Å²) in [5, 5.41) is 4.05. The Morgan fingerprint density at radius 1 is 1.40 bits per heavy atom. The molecule has 1 aromatic heterocycles. The molecule has 0 fully saturated rings. The fraction of sp³-hybridized carbons (Fsp3) is 0.333. The SMILES string of the molecule is CCOC(=O)c1sc(N[C@@H](C)c2ccccc2)nc1C. The van der Waals surface area contributed by atoms with E-state index in [9.17, 15) is 4.79 Å². The molecule has 2 aromatic rings. The molecule has 0 radical (unpaired) electrons. The maximum atomic E-state index is 11.8. The Morgan fingerprint density at radius 3 is 2.75 bits per heavy atom. The van der Waals surface area contributed by atoms with Crippen molar-refractivity contribution in [1.29, 1.82) is 0 Å². The molecule has 0 aliphatic carbocycles. The number of benzene rings is 1. The van der Waals surface area contributed by atoms with Gasteiger partial charge in [0.15, 0.2) is 5.13 Å². The van der Waals surface area contributed by atoms with E-state index in [2.05, 4.69) is 29.4 Å². The first-order valence-corrected chi connectivity index (χ1v) is 7.39. The molecule has 0 aliphatic heterocycles.